The Kier molecular flexibility index (Phi) is 8.00. The summed E-state index contributed by atoms with van der Waals surface area (Å²) in [6.07, 6.45) is 17.1. The molecule has 0 spiro atoms. The summed E-state index contributed by atoms with van der Waals surface area (Å²) in [6.45, 7) is 4.46. The Morgan fingerprint density at radius 3 is 2.29 bits per heavy atom. The van der Waals surface area contributed by atoms with Crippen molar-refractivity contribution < 1.29 is 4.39 Å². The number of hydrogen-bond donors (Lipinski definition) is 0. The first kappa shape index (κ1) is 21.0. The highest BCUT2D eigenvalue weighted by Gasteiger charge is 2.24. The predicted octanol–water partition coefficient (Wildman–Crippen LogP) is 7.48. The molecule has 2 nitrogen and oxygen atoms in total. The number of hydrogen-bond acceptors (Lipinski definition) is 2. The summed E-state index contributed by atoms with van der Waals surface area (Å²) in [4.78, 5) is 8.94. The average Bonchev–Trinajstić information content (AvgIpc) is 2.73. The molecule has 1 aliphatic rings. The van der Waals surface area contributed by atoms with Gasteiger partial charge in [-0.25, -0.2) is 14.4 Å². The molecule has 0 aliphatic heterocycles. The van der Waals surface area contributed by atoms with E-state index in [-0.39, 0.29) is 5.82 Å². The van der Waals surface area contributed by atoms with Crippen LogP contribution in [0.2, 0.25) is 0 Å². The highest BCUT2D eigenvalue weighted by Crippen LogP contribution is 2.39. The Balaban J connectivity index is 1.61. The third-order valence-corrected chi connectivity index (χ3v) is 6.29. The summed E-state index contributed by atoms with van der Waals surface area (Å²) >= 11 is 0. The molecule has 1 saturated carbocycles. The molecule has 1 heterocycles. The second kappa shape index (κ2) is 10.7. The lowest BCUT2D eigenvalue weighted by atomic mass is 9.77. The normalized spacial score (nSPS) is 19.7. The highest BCUT2D eigenvalue weighted by atomic mass is 19.1. The van der Waals surface area contributed by atoms with Crippen molar-refractivity contribution in [3.63, 3.8) is 0 Å². The van der Waals surface area contributed by atoms with Crippen molar-refractivity contribution in [2.75, 3.05) is 0 Å². The molecule has 0 unspecified atom stereocenters. The van der Waals surface area contributed by atoms with Crippen LogP contribution >= 0.6 is 0 Å². The smallest absolute Gasteiger partial charge is 0.159 e. The Hall–Kier alpha value is -1.77. The van der Waals surface area contributed by atoms with E-state index in [0.717, 1.165) is 41.9 Å². The molecule has 0 N–H and O–H groups in total. The SMILES string of the molecule is CCCCCc1cnc(-c2ccc([C@H]3CC[C@H](CCCC)CC3)c(F)c2)nc1. The van der Waals surface area contributed by atoms with E-state index >= 15 is 0 Å². The largest absolute Gasteiger partial charge is 0.236 e. The van der Waals surface area contributed by atoms with E-state index in [2.05, 4.69) is 23.8 Å². The fourth-order valence-electron chi connectivity index (χ4n) is 4.46. The molecule has 1 aliphatic carbocycles. The molecule has 3 heteroatoms. The maximum absolute atomic E-state index is 14.8. The molecule has 0 atom stereocenters. The summed E-state index contributed by atoms with van der Waals surface area (Å²) in [5.74, 6) is 1.75. The number of aryl methyl sites for hydroxylation is 1. The van der Waals surface area contributed by atoms with E-state index in [4.69, 9.17) is 0 Å². The van der Waals surface area contributed by atoms with Crippen LogP contribution in [0.3, 0.4) is 0 Å². The number of halogens is 1. The van der Waals surface area contributed by atoms with Crippen LogP contribution in [0.1, 0.15) is 95.1 Å². The zero-order valence-electron chi connectivity index (χ0n) is 17.6. The van der Waals surface area contributed by atoms with E-state index < -0.39 is 0 Å². The van der Waals surface area contributed by atoms with E-state index in [1.165, 1.54) is 51.4 Å². The molecular formula is C25H35FN2. The minimum Gasteiger partial charge on any atom is -0.236 e. The first-order valence-electron chi connectivity index (χ1n) is 11.3. The third kappa shape index (κ3) is 5.62. The van der Waals surface area contributed by atoms with Crippen molar-refractivity contribution >= 4 is 0 Å². The molecule has 0 saturated heterocycles. The van der Waals surface area contributed by atoms with Gasteiger partial charge in [0.25, 0.3) is 0 Å². The molecule has 0 amide bonds. The highest BCUT2D eigenvalue weighted by molar-refractivity contribution is 5.55. The number of unbranched alkanes of at least 4 members (excludes halogenated alkanes) is 3. The van der Waals surface area contributed by atoms with Crippen molar-refractivity contribution in [3.05, 3.63) is 47.5 Å². The summed E-state index contributed by atoms with van der Waals surface area (Å²) in [5.41, 5.74) is 2.82. The first-order valence-corrected chi connectivity index (χ1v) is 11.3. The van der Waals surface area contributed by atoms with Gasteiger partial charge in [0.05, 0.1) is 0 Å². The number of rotatable bonds is 9. The summed E-state index contributed by atoms with van der Waals surface area (Å²) in [6, 6.07) is 5.60. The summed E-state index contributed by atoms with van der Waals surface area (Å²) < 4.78 is 14.8. The zero-order valence-corrected chi connectivity index (χ0v) is 17.6. The minimum absolute atomic E-state index is 0.0925. The van der Waals surface area contributed by atoms with Gasteiger partial charge in [-0.15, -0.1) is 0 Å². The summed E-state index contributed by atoms with van der Waals surface area (Å²) in [7, 11) is 0. The second-order valence-electron chi connectivity index (χ2n) is 8.47. The molecule has 2 aromatic rings. The molecule has 3 rings (SSSR count). The standard InChI is InChI=1S/C25H35FN2/c1-3-5-7-9-20-17-27-25(28-18-20)22-14-15-23(24(26)16-22)21-12-10-19(11-13-21)8-6-4-2/h14-19,21H,3-13H2,1-2H3/t19-,21-. The van der Waals surface area contributed by atoms with Crippen molar-refractivity contribution in [2.24, 2.45) is 5.92 Å². The molecule has 1 fully saturated rings. The fraction of sp³-hybridized carbons (Fsp3) is 0.600. The van der Waals surface area contributed by atoms with Crippen molar-refractivity contribution in [1.29, 1.82) is 0 Å². The number of benzene rings is 1. The topological polar surface area (TPSA) is 25.8 Å². The van der Waals surface area contributed by atoms with Gasteiger partial charge in [-0.05, 0) is 67.6 Å². The lowest BCUT2D eigenvalue weighted by Crippen LogP contribution is -2.14. The van der Waals surface area contributed by atoms with Crippen LogP contribution in [-0.2, 0) is 6.42 Å². The Bertz CT molecular complexity index is 718. The van der Waals surface area contributed by atoms with Crippen LogP contribution < -0.4 is 0 Å². The lowest BCUT2D eigenvalue weighted by molar-refractivity contribution is 0.301. The quantitative estimate of drug-likeness (QED) is 0.420. The van der Waals surface area contributed by atoms with Crippen LogP contribution in [-0.4, -0.2) is 9.97 Å². The third-order valence-electron chi connectivity index (χ3n) is 6.29. The van der Waals surface area contributed by atoms with Crippen molar-refractivity contribution in [1.82, 2.24) is 9.97 Å². The van der Waals surface area contributed by atoms with Crippen LogP contribution in [0.15, 0.2) is 30.6 Å². The van der Waals surface area contributed by atoms with E-state index in [1.54, 1.807) is 6.07 Å². The van der Waals surface area contributed by atoms with Gasteiger partial charge in [0.1, 0.15) is 5.82 Å². The van der Waals surface area contributed by atoms with Crippen LogP contribution in [0.4, 0.5) is 4.39 Å². The maximum Gasteiger partial charge on any atom is 0.159 e. The minimum atomic E-state index is -0.0925. The molecule has 28 heavy (non-hydrogen) atoms. The van der Waals surface area contributed by atoms with E-state index in [9.17, 15) is 4.39 Å². The second-order valence-corrected chi connectivity index (χ2v) is 8.47. The van der Waals surface area contributed by atoms with Gasteiger partial charge in [0.15, 0.2) is 5.82 Å². The van der Waals surface area contributed by atoms with Gasteiger partial charge in [-0.3, -0.25) is 0 Å². The van der Waals surface area contributed by atoms with Crippen LogP contribution in [0, 0.1) is 11.7 Å². The molecular weight excluding hydrogens is 347 g/mol. The van der Waals surface area contributed by atoms with E-state index in [1.807, 2.05) is 24.5 Å². The van der Waals surface area contributed by atoms with Gasteiger partial charge in [-0.2, -0.15) is 0 Å². The zero-order chi connectivity index (χ0) is 19.8. The van der Waals surface area contributed by atoms with Crippen LogP contribution in [0.5, 0.6) is 0 Å². The average molecular weight is 383 g/mol. The van der Waals surface area contributed by atoms with Gasteiger partial charge in [0, 0.05) is 18.0 Å². The van der Waals surface area contributed by atoms with Gasteiger partial charge in [0.2, 0.25) is 0 Å². The summed E-state index contributed by atoms with van der Waals surface area (Å²) in [5, 5.41) is 0. The van der Waals surface area contributed by atoms with Gasteiger partial charge in [-0.1, -0.05) is 58.1 Å². The number of nitrogens with zero attached hydrogens (tertiary/aromatic N) is 2. The monoisotopic (exact) mass is 382 g/mol. The molecule has 1 aromatic heterocycles. The Labute approximate surface area is 170 Å². The molecule has 152 valence electrons. The van der Waals surface area contributed by atoms with Crippen molar-refractivity contribution in [3.8, 4) is 11.4 Å². The molecule has 1 aromatic carbocycles. The fourth-order valence-corrected chi connectivity index (χ4v) is 4.46. The Morgan fingerprint density at radius 1 is 0.929 bits per heavy atom. The van der Waals surface area contributed by atoms with E-state index in [0.29, 0.717) is 11.7 Å². The molecule has 0 radical (unpaired) electrons. The lowest BCUT2D eigenvalue weighted by Gasteiger charge is -2.29. The predicted molar refractivity (Wildman–Crippen MR) is 115 cm³/mol. The van der Waals surface area contributed by atoms with Gasteiger partial charge < -0.3 is 0 Å². The van der Waals surface area contributed by atoms with Crippen LogP contribution in [0.25, 0.3) is 11.4 Å². The Morgan fingerprint density at radius 2 is 1.64 bits per heavy atom. The van der Waals surface area contributed by atoms with Crippen molar-refractivity contribution in [2.45, 2.75) is 90.4 Å². The number of aromatic nitrogens is 2. The van der Waals surface area contributed by atoms with Gasteiger partial charge >= 0.3 is 0 Å². The first-order chi connectivity index (χ1) is 13.7. The molecule has 0 bridgehead atoms. The maximum atomic E-state index is 14.8.